The van der Waals surface area contributed by atoms with E-state index >= 15 is 0 Å². The highest BCUT2D eigenvalue weighted by Gasteiger charge is 2.26. The van der Waals surface area contributed by atoms with Crippen molar-refractivity contribution in [2.24, 2.45) is 0 Å². The highest BCUT2D eigenvalue weighted by Crippen LogP contribution is 2.19. The Morgan fingerprint density at radius 1 is 1.24 bits per heavy atom. The standard InChI is InChI=1S/C12H10N4O/c13-9-16-11(8-17)6-15(7-12(16)14)10-4-2-1-3-5-10/h1-5,14H,6-7H2. The quantitative estimate of drug-likeness (QED) is 0.572. The van der Waals surface area contributed by atoms with E-state index in [2.05, 4.69) is 0 Å². The molecule has 0 radical (unpaired) electrons. The number of rotatable bonds is 1. The molecule has 0 aromatic heterocycles. The van der Waals surface area contributed by atoms with Crippen LogP contribution in [0.1, 0.15) is 0 Å². The number of benzene rings is 1. The molecule has 0 aliphatic carbocycles. The average molecular weight is 226 g/mol. The summed E-state index contributed by atoms with van der Waals surface area (Å²) in [6.07, 6.45) is 1.81. The van der Waals surface area contributed by atoms with E-state index in [-0.39, 0.29) is 11.5 Å². The second-order valence-electron chi connectivity index (χ2n) is 3.62. The smallest absolute Gasteiger partial charge is 0.190 e. The second-order valence-corrected chi connectivity index (χ2v) is 3.62. The predicted octanol–water partition coefficient (Wildman–Crippen LogP) is 0.982. The van der Waals surface area contributed by atoms with Crippen molar-refractivity contribution in [3.05, 3.63) is 36.0 Å². The van der Waals surface area contributed by atoms with Gasteiger partial charge in [-0.2, -0.15) is 5.26 Å². The van der Waals surface area contributed by atoms with E-state index in [0.717, 1.165) is 10.6 Å². The van der Waals surface area contributed by atoms with Crippen LogP contribution in [0.25, 0.3) is 0 Å². The Kier molecular flexibility index (Phi) is 2.91. The molecule has 0 unspecified atom stereocenters. The van der Waals surface area contributed by atoms with Gasteiger partial charge in [0.05, 0.1) is 13.1 Å². The topological polar surface area (TPSA) is 71.2 Å². The van der Waals surface area contributed by atoms with Crippen LogP contribution in [0.3, 0.4) is 0 Å². The van der Waals surface area contributed by atoms with Crippen molar-refractivity contribution in [1.29, 1.82) is 10.7 Å². The van der Waals surface area contributed by atoms with Crippen LogP contribution in [0, 0.1) is 16.9 Å². The third-order valence-electron chi connectivity index (χ3n) is 2.56. The number of para-hydroxylation sites is 1. The van der Waals surface area contributed by atoms with Crippen LogP contribution in [0.4, 0.5) is 5.69 Å². The van der Waals surface area contributed by atoms with E-state index in [1.54, 1.807) is 5.94 Å². The summed E-state index contributed by atoms with van der Waals surface area (Å²) >= 11 is 0. The number of nitrogens with one attached hydrogen (secondary N) is 1. The van der Waals surface area contributed by atoms with Gasteiger partial charge in [-0.05, 0) is 12.1 Å². The summed E-state index contributed by atoms with van der Waals surface area (Å²) in [6.45, 7) is 0.603. The van der Waals surface area contributed by atoms with Crippen molar-refractivity contribution in [2.75, 3.05) is 18.0 Å². The number of nitrogens with zero attached hydrogens (tertiary/aromatic N) is 3. The first-order chi connectivity index (χ1) is 8.26. The van der Waals surface area contributed by atoms with Crippen molar-refractivity contribution in [1.82, 2.24) is 4.90 Å². The molecule has 1 aromatic carbocycles. The zero-order valence-electron chi connectivity index (χ0n) is 9.05. The summed E-state index contributed by atoms with van der Waals surface area (Å²) < 4.78 is 0. The number of hydrogen-bond acceptors (Lipinski definition) is 4. The van der Waals surface area contributed by atoms with Gasteiger partial charge < -0.3 is 4.90 Å². The molecule has 84 valence electrons. The molecule has 0 saturated carbocycles. The summed E-state index contributed by atoms with van der Waals surface area (Å²) in [5, 5.41) is 16.6. The molecule has 0 amide bonds. The molecule has 0 bridgehead atoms. The number of piperazine rings is 1. The highest BCUT2D eigenvalue weighted by molar-refractivity contribution is 5.90. The molecule has 1 aliphatic rings. The fraction of sp³-hybridized carbons (Fsp3) is 0.167. The third kappa shape index (κ3) is 2.03. The molecule has 1 N–H and O–H groups in total. The fourth-order valence-corrected chi connectivity index (χ4v) is 1.74. The number of nitriles is 1. The van der Waals surface area contributed by atoms with Gasteiger partial charge in [0.1, 0.15) is 17.5 Å². The summed E-state index contributed by atoms with van der Waals surface area (Å²) in [6, 6.07) is 9.48. The monoisotopic (exact) mass is 226 g/mol. The van der Waals surface area contributed by atoms with E-state index in [1.165, 1.54) is 0 Å². The van der Waals surface area contributed by atoms with Crippen molar-refractivity contribution in [3.63, 3.8) is 0 Å². The molecule has 1 heterocycles. The van der Waals surface area contributed by atoms with Crippen LogP contribution >= 0.6 is 0 Å². The second kappa shape index (κ2) is 4.52. The van der Waals surface area contributed by atoms with Gasteiger partial charge in [-0.15, -0.1) is 0 Å². The molecule has 5 nitrogen and oxygen atoms in total. The normalized spacial score (nSPS) is 15.5. The molecule has 0 spiro atoms. The molecule has 1 aromatic rings. The van der Waals surface area contributed by atoms with Crippen molar-refractivity contribution in [3.8, 4) is 6.19 Å². The Morgan fingerprint density at radius 2 is 1.94 bits per heavy atom. The van der Waals surface area contributed by atoms with Gasteiger partial charge in [0.15, 0.2) is 6.19 Å². The molecular weight excluding hydrogens is 216 g/mol. The van der Waals surface area contributed by atoms with Gasteiger partial charge in [0, 0.05) is 5.69 Å². The van der Waals surface area contributed by atoms with Crippen LogP contribution in [-0.2, 0) is 4.79 Å². The maximum absolute atomic E-state index is 10.8. The van der Waals surface area contributed by atoms with E-state index in [4.69, 9.17) is 10.7 Å². The third-order valence-corrected chi connectivity index (χ3v) is 2.56. The molecule has 5 heteroatoms. The summed E-state index contributed by atoms with van der Waals surface area (Å²) in [7, 11) is 0. The SMILES string of the molecule is N#CN1C(=N)CN(c2ccccc2)CC1=C=O. The minimum absolute atomic E-state index is 0.0842. The number of amidine groups is 1. The van der Waals surface area contributed by atoms with Crippen molar-refractivity contribution in [2.45, 2.75) is 0 Å². The zero-order valence-corrected chi connectivity index (χ0v) is 9.05. The first-order valence-corrected chi connectivity index (χ1v) is 5.07. The van der Waals surface area contributed by atoms with Crippen molar-refractivity contribution >= 4 is 17.5 Å². The Morgan fingerprint density at radius 3 is 2.53 bits per heavy atom. The lowest BCUT2D eigenvalue weighted by atomic mass is 10.2. The minimum Gasteiger partial charge on any atom is -0.357 e. The molecular formula is C12H10N4O. The first kappa shape index (κ1) is 10.9. The molecule has 17 heavy (non-hydrogen) atoms. The minimum atomic E-state index is 0.0842. The average Bonchev–Trinajstić information content (AvgIpc) is 2.38. The van der Waals surface area contributed by atoms with Gasteiger partial charge in [-0.1, -0.05) is 18.2 Å². The largest absolute Gasteiger partial charge is 0.357 e. The molecule has 1 fully saturated rings. The van der Waals surface area contributed by atoms with E-state index in [1.807, 2.05) is 41.4 Å². The Hall–Kier alpha value is -2.57. The Balaban J connectivity index is 2.29. The molecule has 0 atom stereocenters. The zero-order chi connectivity index (χ0) is 12.3. The van der Waals surface area contributed by atoms with Gasteiger partial charge in [-0.25, -0.2) is 9.69 Å². The van der Waals surface area contributed by atoms with E-state index < -0.39 is 0 Å². The number of carbonyl (C=O) groups excluding carboxylic acids is 1. The fourth-order valence-electron chi connectivity index (χ4n) is 1.74. The lowest BCUT2D eigenvalue weighted by Crippen LogP contribution is -2.46. The maximum Gasteiger partial charge on any atom is 0.190 e. The predicted molar refractivity (Wildman–Crippen MR) is 63.0 cm³/mol. The first-order valence-electron chi connectivity index (χ1n) is 5.07. The van der Waals surface area contributed by atoms with Gasteiger partial charge in [0.25, 0.3) is 0 Å². The Labute approximate surface area is 98.7 Å². The van der Waals surface area contributed by atoms with E-state index in [0.29, 0.717) is 13.1 Å². The lowest BCUT2D eigenvalue weighted by molar-refractivity contribution is 0.549. The van der Waals surface area contributed by atoms with Crippen LogP contribution in [0.5, 0.6) is 0 Å². The summed E-state index contributed by atoms with van der Waals surface area (Å²) in [5.74, 6) is 1.81. The number of hydrogen-bond donors (Lipinski definition) is 1. The van der Waals surface area contributed by atoms with Crippen LogP contribution in [0.15, 0.2) is 36.0 Å². The number of anilines is 1. The summed E-state index contributed by atoms with van der Waals surface area (Å²) in [4.78, 5) is 13.7. The van der Waals surface area contributed by atoms with Crippen LogP contribution < -0.4 is 4.90 Å². The van der Waals surface area contributed by atoms with Gasteiger partial charge in [-0.3, -0.25) is 5.41 Å². The highest BCUT2D eigenvalue weighted by atomic mass is 16.1. The molecule has 1 saturated heterocycles. The van der Waals surface area contributed by atoms with E-state index in [9.17, 15) is 4.79 Å². The van der Waals surface area contributed by atoms with Crippen LogP contribution in [0.2, 0.25) is 0 Å². The molecule has 2 rings (SSSR count). The molecule has 1 aliphatic heterocycles. The van der Waals surface area contributed by atoms with Gasteiger partial charge >= 0.3 is 0 Å². The van der Waals surface area contributed by atoms with Crippen molar-refractivity contribution < 1.29 is 4.79 Å². The summed E-state index contributed by atoms with van der Waals surface area (Å²) in [5.41, 5.74) is 1.09. The maximum atomic E-state index is 10.8. The van der Waals surface area contributed by atoms with Crippen LogP contribution in [-0.4, -0.2) is 29.8 Å². The lowest BCUT2D eigenvalue weighted by Gasteiger charge is -2.33. The Bertz CT molecular complexity index is 525. The van der Waals surface area contributed by atoms with Gasteiger partial charge in [0.2, 0.25) is 0 Å².